The Balaban J connectivity index is 1.07. The molecule has 1 nitrogen and oxygen atoms in total. The van der Waals surface area contributed by atoms with Crippen LogP contribution in [0.4, 0.5) is 17.1 Å². The molecule has 66 heavy (non-hydrogen) atoms. The summed E-state index contributed by atoms with van der Waals surface area (Å²) in [7, 11) is 0. The number of anilines is 3. The second kappa shape index (κ2) is 13.7. The van der Waals surface area contributed by atoms with Gasteiger partial charge in [0.25, 0.3) is 0 Å². The van der Waals surface area contributed by atoms with Crippen LogP contribution in [0.3, 0.4) is 0 Å². The second-order valence-corrected chi connectivity index (χ2v) is 21.0. The van der Waals surface area contributed by atoms with E-state index in [1.807, 2.05) is 34.9 Å². The maximum absolute atomic E-state index is 2.62. The Hall–Kier alpha value is -7.08. The zero-order valence-corrected chi connectivity index (χ0v) is 38.0. The first-order valence-electron chi connectivity index (χ1n) is 22.7. The second-order valence-electron chi connectivity index (χ2n) is 17.8. The zero-order valence-electron chi connectivity index (χ0n) is 35.5. The third kappa shape index (κ3) is 4.68. The van der Waals surface area contributed by atoms with Gasteiger partial charge >= 0.3 is 0 Å². The average Bonchev–Trinajstić information content (AvgIpc) is 4.00. The monoisotopic (exact) mass is 891 g/mol. The summed E-state index contributed by atoms with van der Waals surface area (Å²) in [5.41, 5.74) is 18.4. The lowest BCUT2D eigenvalue weighted by Crippen LogP contribution is -2.32. The largest absolute Gasteiger partial charge is 0.308 e. The van der Waals surface area contributed by atoms with E-state index in [9.17, 15) is 0 Å². The van der Waals surface area contributed by atoms with Gasteiger partial charge < -0.3 is 4.90 Å². The fourth-order valence-electron chi connectivity index (χ4n) is 12.4. The van der Waals surface area contributed by atoms with Gasteiger partial charge in [-0.15, -0.1) is 11.3 Å². The van der Waals surface area contributed by atoms with Crippen LogP contribution in [0.25, 0.3) is 42.4 Å². The van der Waals surface area contributed by atoms with Gasteiger partial charge in [0.05, 0.1) is 26.9 Å². The summed E-state index contributed by atoms with van der Waals surface area (Å²) in [6.45, 7) is 0. The van der Waals surface area contributed by atoms with Crippen LogP contribution in [-0.2, 0) is 10.8 Å². The minimum absolute atomic E-state index is 0.494. The molecule has 0 N–H and O–H groups in total. The first-order valence-corrected chi connectivity index (χ1v) is 25.1. The number of nitrogens with zero attached hydrogens (tertiary/aromatic N) is 1. The molecule has 0 radical (unpaired) electrons. The van der Waals surface area contributed by atoms with Crippen LogP contribution in [0.5, 0.6) is 0 Å². The highest BCUT2D eigenvalue weighted by molar-refractivity contribution is 7.99. The first kappa shape index (κ1) is 37.2. The Morgan fingerprint density at radius 3 is 1.42 bits per heavy atom. The maximum Gasteiger partial charge on any atom is 0.0736 e. The van der Waals surface area contributed by atoms with Crippen LogP contribution >= 0.6 is 34.9 Å². The number of thiophene rings is 1. The molecular weight excluding hydrogens is 855 g/mol. The van der Waals surface area contributed by atoms with E-state index in [1.165, 1.54) is 118 Å². The number of fused-ring (bicyclic) bond motifs is 21. The molecule has 0 saturated heterocycles. The van der Waals surface area contributed by atoms with Crippen molar-refractivity contribution in [2.24, 2.45) is 0 Å². The van der Waals surface area contributed by atoms with Gasteiger partial charge in [-0.1, -0.05) is 193 Å². The van der Waals surface area contributed by atoms with E-state index >= 15 is 0 Å². The van der Waals surface area contributed by atoms with E-state index in [4.69, 9.17) is 0 Å². The van der Waals surface area contributed by atoms with Crippen molar-refractivity contribution < 1.29 is 0 Å². The molecule has 308 valence electrons. The van der Waals surface area contributed by atoms with Gasteiger partial charge in [0, 0.05) is 46.3 Å². The molecule has 0 fully saturated rings. The highest BCUT2D eigenvalue weighted by Crippen LogP contribution is 2.66. The van der Waals surface area contributed by atoms with E-state index in [-0.39, 0.29) is 0 Å². The van der Waals surface area contributed by atoms with Gasteiger partial charge in [0.2, 0.25) is 0 Å². The van der Waals surface area contributed by atoms with E-state index in [0.29, 0.717) is 0 Å². The summed E-state index contributed by atoms with van der Waals surface area (Å²) in [5.74, 6) is 0. The lowest BCUT2D eigenvalue weighted by atomic mass is 9.67. The molecule has 0 saturated carbocycles. The first-order chi connectivity index (χ1) is 32.7. The van der Waals surface area contributed by atoms with E-state index in [1.54, 1.807) is 0 Å². The lowest BCUT2D eigenvalue weighted by Gasteiger charge is -2.40. The fourth-order valence-corrected chi connectivity index (χ4v) is 16.0. The number of benzene rings is 10. The lowest BCUT2D eigenvalue weighted by molar-refractivity contribution is 0.722. The van der Waals surface area contributed by atoms with E-state index in [2.05, 4.69) is 229 Å². The van der Waals surface area contributed by atoms with E-state index in [0.717, 1.165) is 5.69 Å². The minimum atomic E-state index is -0.502. The summed E-state index contributed by atoms with van der Waals surface area (Å²) in [6.07, 6.45) is 0. The minimum Gasteiger partial charge on any atom is -0.308 e. The van der Waals surface area contributed by atoms with Crippen molar-refractivity contribution in [3.8, 4) is 22.3 Å². The molecule has 10 aromatic carbocycles. The Morgan fingerprint density at radius 1 is 0.318 bits per heavy atom. The maximum atomic E-state index is 2.62. The van der Waals surface area contributed by atoms with E-state index < -0.39 is 10.8 Å². The van der Waals surface area contributed by atoms with Gasteiger partial charge in [-0.3, -0.25) is 0 Å². The van der Waals surface area contributed by atoms with Gasteiger partial charge in [-0.2, -0.15) is 0 Å². The van der Waals surface area contributed by atoms with Crippen molar-refractivity contribution >= 4 is 72.1 Å². The Kier molecular flexibility index (Phi) is 7.73. The van der Waals surface area contributed by atoms with Gasteiger partial charge in [-0.25, -0.2) is 0 Å². The van der Waals surface area contributed by atoms with Crippen LogP contribution in [0.15, 0.2) is 244 Å². The summed E-state index contributed by atoms with van der Waals surface area (Å²) >= 11 is 5.69. The van der Waals surface area contributed by atoms with Crippen LogP contribution in [0.2, 0.25) is 0 Å². The Bertz CT molecular complexity index is 3790. The Morgan fingerprint density at radius 2 is 0.773 bits per heavy atom. The van der Waals surface area contributed by atoms with Crippen LogP contribution in [0.1, 0.15) is 44.5 Å². The molecule has 3 heterocycles. The molecule has 0 bridgehead atoms. The highest BCUT2D eigenvalue weighted by Gasteiger charge is 2.53. The quantitative estimate of drug-likeness (QED) is 0.174. The van der Waals surface area contributed by atoms with Gasteiger partial charge in [0.15, 0.2) is 0 Å². The van der Waals surface area contributed by atoms with Crippen LogP contribution in [0, 0.1) is 0 Å². The molecule has 11 aromatic rings. The van der Waals surface area contributed by atoms with Crippen molar-refractivity contribution in [3.63, 3.8) is 0 Å². The standard InChI is InChI=1S/C62H37NS3/c1-4-21-44-39(17-1)40-36-35-38(37-51(40)62(44)48-25-8-13-33-57(48)65-58-34-14-9-26-49(58)62)63(53-29-15-20-42-41-18-3-10-30-54(41)66-60(42)53)52-28-16-27-50-59(52)43-19-2-5-22-45(43)61(50)46-23-6-11-31-55(46)64-56-32-12-7-24-47(56)61/h1-37H. The van der Waals surface area contributed by atoms with Crippen molar-refractivity contribution in [1.82, 2.24) is 0 Å². The molecule has 4 aliphatic rings. The van der Waals surface area contributed by atoms with Crippen molar-refractivity contribution in [3.05, 3.63) is 269 Å². The van der Waals surface area contributed by atoms with Crippen molar-refractivity contribution in [1.29, 1.82) is 0 Å². The molecule has 2 aliphatic carbocycles. The third-order valence-corrected chi connectivity index (χ3v) is 18.3. The zero-order chi connectivity index (χ0) is 43.1. The molecular formula is C62H37NS3. The fraction of sp³-hybridized carbons (Fsp3) is 0.0323. The summed E-state index contributed by atoms with van der Waals surface area (Å²) < 4.78 is 2.58. The predicted octanol–water partition coefficient (Wildman–Crippen LogP) is 17.2. The SMILES string of the molecule is c1ccc2c(c1)Sc1ccccc1C21c2ccccc2-c2ccc(N(c3cccc4c3-c3ccccc3C43c4ccccc4Sc4ccccc43)c3cccc4c3sc3ccccc34)cc21. The topological polar surface area (TPSA) is 3.24 Å². The van der Waals surface area contributed by atoms with Crippen LogP contribution in [-0.4, -0.2) is 0 Å². The predicted molar refractivity (Wildman–Crippen MR) is 277 cm³/mol. The molecule has 2 aliphatic heterocycles. The number of hydrogen-bond acceptors (Lipinski definition) is 4. The molecule has 15 rings (SSSR count). The molecule has 4 heteroatoms. The van der Waals surface area contributed by atoms with Gasteiger partial charge in [0.1, 0.15) is 0 Å². The molecule has 2 spiro atoms. The summed E-state index contributed by atoms with van der Waals surface area (Å²) in [5, 5.41) is 2.58. The molecule has 0 atom stereocenters. The average molecular weight is 892 g/mol. The highest BCUT2D eigenvalue weighted by atomic mass is 32.2. The summed E-state index contributed by atoms with van der Waals surface area (Å²) in [4.78, 5) is 7.86. The number of hydrogen-bond donors (Lipinski definition) is 0. The Labute approximate surface area is 396 Å². The normalized spacial score (nSPS) is 14.8. The van der Waals surface area contributed by atoms with Crippen molar-refractivity contribution in [2.75, 3.05) is 4.90 Å². The third-order valence-electron chi connectivity index (χ3n) is 14.8. The molecule has 1 aromatic heterocycles. The number of rotatable bonds is 3. The van der Waals surface area contributed by atoms with Crippen LogP contribution < -0.4 is 4.90 Å². The smallest absolute Gasteiger partial charge is 0.0736 e. The molecule has 0 amide bonds. The summed E-state index contributed by atoms with van der Waals surface area (Å²) in [6, 6.07) is 85.2. The van der Waals surface area contributed by atoms with Gasteiger partial charge in [-0.05, 0) is 116 Å². The van der Waals surface area contributed by atoms with Crippen molar-refractivity contribution in [2.45, 2.75) is 30.4 Å². The molecule has 0 unspecified atom stereocenters.